The molecule has 7 rings (SSSR count). The third kappa shape index (κ3) is 9.86. The second-order valence-corrected chi connectivity index (χ2v) is 21.4. The number of alkyl carbamates (subject to hydrolysis) is 1. The normalized spacial score (nSPS) is 22.5. The quantitative estimate of drug-likeness (QED) is 0.0662. The van der Waals surface area contributed by atoms with Crippen LogP contribution in [0.3, 0.4) is 0 Å². The lowest BCUT2D eigenvalue weighted by Crippen LogP contribution is -2.58. The number of pyridine rings is 1. The number of nitrogens with zero attached hydrogens (tertiary/aromatic N) is 4. The van der Waals surface area contributed by atoms with Gasteiger partial charge in [0.1, 0.15) is 46.8 Å². The number of carbonyl (C=O) groups is 3. The van der Waals surface area contributed by atoms with E-state index >= 15 is 0 Å². The number of hydrogen-bond acceptors (Lipinski definition) is 12. The zero-order chi connectivity index (χ0) is 45.3. The number of thiazole rings is 1. The lowest BCUT2D eigenvalue weighted by atomic mass is 9.85. The molecule has 2 saturated carbocycles. The van der Waals surface area contributed by atoms with Gasteiger partial charge in [0, 0.05) is 41.3 Å². The first-order valence-electron chi connectivity index (χ1n) is 21.3. The number of amides is 3. The number of nitrogens with one attached hydrogen (secondary N) is 3. The topological polar surface area (TPSA) is 205 Å². The van der Waals surface area contributed by atoms with Crippen LogP contribution in [0.15, 0.2) is 66.6 Å². The average Bonchev–Trinajstić information content (AvgIpc) is 3.63. The van der Waals surface area contributed by atoms with Gasteiger partial charge in [-0.05, 0) is 75.1 Å². The van der Waals surface area contributed by atoms with Gasteiger partial charge in [-0.15, -0.1) is 17.9 Å². The Labute approximate surface area is 372 Å². The minimum atomic E-state index is -4.27. The molecule has 3 heterocycles. The van der Waals surface area contributed by atoms with Crippen molar-refractivity contribution >= 4 is 52.6 Å². The molecule has 0 radical (unpaired) electrons. The van der Waals surface area contributed by atoms with Crippen LogP contribution >= 0.6 is 18.7 Å². The predicted octanol–water partition coefficient (Wildman–Crippen LogP) is 7.98. The lowest BCUT2D eigenvalue weighted by molar-refractivity contribution is -0.142. The molecule has 4 N–H and O–H groups in total. The maximum Gasteiger partial charge on any atom is 0.408 e. The van der Waals surface area contributed by atoms with Crippen molar-refractivity contribution in [3.8, 4) is 29.0 Å². The van der Waals surface area contributed by atoms with Crippen LogP contribution in [-0.4, -0.2) is 86.9 Å². The van der Waals surface area contributed by atoms with Crippen LogP contribution in [-0.2, 0) is 25.1 Å². The molecule has 6 atom stereocenters. The van der Waals surface area contributed by atoms with E-state index in [1.165, 1.54) is 16.2 Å². The number of fused-ring (bicyclic) bond motifs is 1. The first-order chi connectivity index (χ1) is 29.9. The summed E-state index contributed by atoms with van der Waals surface area (Å²) in [5.74, 6) is -0.701. The number of ether oxygens (including phenoxy) is 3. The monoisotopic (exact) mass is 897 g/mol. The van der Waals surface area contributed by atoms with Crippen LogP contribution in [0.5, 0.6) is 11.5 Å². The molecule has 334 valence electrons. The summed E-state index contributed by atoms with van der Waals surface area (Å²) in [6.45, 7) is 13.3. The van der Waals surface area contributed by atoms with Crippen LogP contribution in [0.1, 0.15) is 84.3 Å². The summed E-state index contributed by atoms with van der Waals surface area (Å²) in [5.41, 5.74) is 1.57. The molecule has 1 aliphatic heterocycles. The molecule has 0 bridgehead atoms. The molecule has 4 aromatic rings. The van der Waals surface area contributed by atoms with Gasteiger partial charge in [-0.1, -0.05) is 45.0 Å². The summed E-state index contributed by atoms with van der Waals surface area (Å²) in [5, 5.41) is 20.5. The average molecular weight is 898 g/mol. The third-order valence-corrected chi connectivity index (χ3v) is 15.4. The summed E-state index contributed by atoms with van der Waals surface area (Å²) in [4.78, 5) is 65.9. The molecule has 2 aromatic carbocycles. The van der Waals surface area contributed by atoms with Gasteiger partial charge in [0.25, 0.3) is 0 Å². The SMILES string of the molecule is C=C[C@@H]1C[C@]1(NC(=O)[C@@H]1CC(Oc2cc(-c3csc(NC(C)C)n3)nc3cc(OC)ccc23)CN1C(=O)[C@@H](NC(=O)OC1CCCC1)C(C)(C)C)P(=O)(O)Cc1ccccc1C#N. The number of aromatic nitrogens is 2. The van der Waals surface area contributed by atoms with Crippen molar-refractivity contribution in [2.75, 3.05) is 19.0 Å². The van der Waals surface area contributed by atoms with E-state index in [1.807, 2.05) is 46.1 Å². The van der Waals surface area contributed by atoms with Gasteiger partial charge in [0.05, 0.1) is 42.7 Å². The third-order valence-electron chi connectivity index (χ3n) is 12.0. The van der Waals surface area contributed by atoms with E-state index < -0.39 is 60.1 Å². The Morgan fingerprint density at radius 3 is 2.52 bits per heavy atom. The predicted molar refractivity (Wildman–Crippen MR) is 242 cm³/mol. The summed E-state index contributed by atoms with van der Waals surface area (Å²) >= 11 is 1.45. The van der Waals surface area contributed by atoms with Gasteiger partial charge in [0.2, 0.25) is 19.2 Å². The van der Waals surface area contributed by atoms with Crippen LogP contribution in [0.4, 0.5) is 9.93 Å². The van der Waals surface area contributed by atoms with Crippen LogP contribution < -0.4 is 25.4 Å². The Morgan fingerprint density at radius 2 is 1.86 bits per heavy atom. The minimum absolute atomic E-state index is 0.0112. The molecule has 0 spiro atoms. The van der Waals surface area contributed by atoms with Crippen molar-refractivity contribution in [3.05, 3.63) is 77.7 Å². The van der Waals surface area contributed by atoms with Crippen molar-refractivity contribution in [3.63, 3.8) is 0 Å². The van der Waals surface area contributed by atoms with Crippen molar-refractivity contribution in [1.82, 2.24) is 25.5 Å². The Hall–Kier alpha value is -5.49. The lowest BCUT2D eigenvalue weighted by Gasteiger charge is -2.36. The molecule has 3 amide bonds. The number of nitriles is 1. The largest absolute Gasteiger partial charge is 0.497 e. The molecular formula is C46H56N7O8PS. The van der Waals surface area contributed by atoms with E-state index in [0.29, 0.717) is 39.4 Å². The van der Waals surface area contributed by atoms with E-state index in [4.69, 9.17) is 24.2 Å². The summed E-state index contributed by atoms with van der Waals surface area (Å²) in [7, 11) is -2.70. The highest BCUT2D eigenvalue weighted by atomic mass is 32.1. The fourth-order valence-corrected chi connectivity index (χ4v) is 11.8. The van der Waals surface area contributed by atoms with E-state index in [2.05, 4.69) is 28.6 Å². The molecule has 3 fully saturated rings. The molecule has 2 aliphatic carbocycles. The van der Waals surface area contributed by atoms with Gasteiger partial charge in [-0.3, -0.25) is 14.2 Å². The zero-order valence-corrected chi connectivity index (χ0v) is 38.3. The number of methoxy groups -OCH3 is 1. The summed E-state index contributed by atoms with van der Waals surface area (Å²) in [6.07, 6.45) is 3.04. The molecular weight excluding hydrogens is 842 g/mol. The summed E-state index contributed by atoms with van der Waals surface area (Å²) in [6, 6.07) is 13.7. The number of hydrogen-bond donors (Lipinski definition) is 4. The summed E-state index contributed by atoms with van der Waals surface area (Å²) < 4.78 is 32.5. The molecule has 2 unspecified atom stereocenters. The number of likely N-dealkylation sites (tertiary alicyclic amines) is 1. The van der Waals surface area contributed by atoms with Gasteiger partial charge in [-0.25, -0.2) is 14.8 Å². The fourth-order valence-electron chi connectivity index (χ4n) is 8.54. The molecule has 63 heavy (non-hydrogen) atoms. The molecule has 1 saturated heterocycles. The van der Waals surface area contributed by atoms with E-state index in [-0.39, 0.29) is 43.3 Å². The Bertz CT molecular complexity index is 2480. The maximum absolute atomic E-state index is 14.9. The number of anilines is 1. The van der Waals surface area contributed by atoms with Crippen LogP contribution in [0.25, 0.3) is 22.3 Å². The highest BCUT2D eigenvalue weighted by Gasteiger charge is 2.66. The first-order valence-corrected chi connectivity index (χ1v) is 24.1. The van der Waals surface area contributed by atoms with E-state index in [9.17, 15) is 29.1 Å². The van der Waals surface area contributed by atoms with Crippen molar-refractivity contribution < 1.29 is 38.1 Å². The minimum Gasteiger partial charge on any atom is -0.497 e. The number of benzene rings is 2. The van der Waals surface area contributed by atoms with Crippen molar-refractivity contribution in [1.29, 1.82) is 5.26 Å². The van der Waals surface area contributed by atoms with Gasteiger partial charge >= 0.3 is 6.09 Å². The Kier molecular flexibility index (Phi) is 13.2. The molecule has 3 aliphatic rings. The van der Waals surface area contributed by atoms with Gasteiger partial charge in [-0.2, -0.15) is 5.26 Å². The highest BCUT2D eigenvalue weighted by molar-refractivity contribution is 7.59. The second kappa shape index (κ2) is 18.3. The Morgan fingerprint density at radius 1 is 1.11 bits per heavy atom. The first kappa shape index (κ1) is 45.5. The fraction of sp³-hybridized carbons (Fsp3) is 0.478. The molecule has 15 nitrogen and oxygen atoms in total. The van der Waals surface area contributed by atoms with E-state index in [1.54, 1.807) is 55.7 Å². The Balaban J connectivity index is 1.23. The number of carbonyl (C=O) groups excluding carboxylic acids is 3. The van der Waals surface area contributed by atoms with Gasteiger partial charge < -0.3 is 40.0 Å². The van der Waals surface area contributed by atoms with Crippen LogP contribution in [0.2, 0.25) is 0 Å². The van der Waals surface area contributed by atoms with Crippen LogP contribution in [0, 0.1) is 22.7 Å². The van der Waals surface area contributed by atoms with Crippen molar-refractivity contribution in [2.45, 2.75) is 115 Å². The maximum atomic E-state index is 14.9. The second-order valence-electron chi connectivity index (χ2n) is 18.1. The van der Waals surface area contributed by atoms with Crippen molar-refractivity contribution in [2.24, 2.45) is 11.3 Å². The smallest absolute Gasteiger partial charge is 0.408 e. The highest BCUT2D eigenvalue weighted by Crippen LogP contribution is 2.71. The number of rotatable bonds is 15. The van der Waals surface area contributed by atoms with Gasteiger partial charge in [0.15, 0.2) is 5.13 Å². The van der Waals surface area contributed by atoms with E-state index in [0.717, 1.165) is 30.8 Å². The standard InChI is InChI=1S/C46H56N7O8PS/c1-8-30-22-46(30,62(57,58)25-29-14-10-9-13-28(29)23-47)52-41(54)38-20-33(24-53(38)42(55)40(45(4,5)6)51-44(56)61-31-15-11-12-16-31)60-39-21-36(37-26-63-43(50-37)48-27(2)3)49-35-19-32(59-7)17-18-34(35)39/h8-10,13-14,17-19,21,26-27,30-31,33,38,40H,1,11-12,15-16,20,22,24-25H2,2-7H3,(H,48,50)(H,51,56)(H,52,54)(H,57,58)/t30-,33?,38+,40-,46+/m1/s1. The zero-order valence-electron chi connectivity index (χ0n) is 36.6. The molecule has 2 aromatic heterocycles. The molecule has 17 heteroatoms.